The zero-order chi connectivity index (χ0) is 15.2. The van der Waals surface area contributed by atoms with E-state index in [0.717, 1.165) is 32.4 Å². The first-order chi connectivity index (χ1) is 9.38. The molecular formula is C12H23N3O3S2. The van der Waals surface area contributed by atoms with Crippen LogP contribution < -0.4 is 10.5 Å². The molecule has 0 aromatic rings. The Hall–Kier alpha value is -0.730. The van der Waals surface area contributed by atoms with Gasteiger partial charge >= 0.3 is 0 Å². The standard InChI is InChI=1S/C12H23N3O3S2/c1-2-10(12(13)19)20(17,18)14-7-6-11(16)15-8-4-3-5-9-15/h10,14H,2-9H2,1H3,(H2,13,19). The first-order valence-electron chi connectivity index (χ1n) is 6.94. The number of nitrogens with zero attached hydrogens (tertiary/aromatic N) is 1. The van der Waals surface area contributed by atoms with Gasteiger partial charge in [-0.15, -0.1) is 0 Å². The molecule has 1 unspecified atom stereocenters. The van der Waals surface area contributed by atoms with Gasteiger partial charge in [0.05, 0.1) is 4.99 Å². The summed E-state index contributed by atoms with van der Waals surface area (Å²) in [4.78, 5) is 13.7. The predicted octanol–water partition coefficient (Wildman–Crippen LogP) is 0.373. The SMILES string of the molecule is CCC(C(N)=S)S(=O)(=O)NCCC(=O)N1CCCCC1. The van der Waals surface area contributed by atoms with Crippen molar-refractivity contribution in [2.45, 2.75) is 44.3 Å². The molecule has 1 saturated heterocycles. The van der Waals surface area contributed by atoms with Gasteiger partial charge in [-0.3, -0.25) is 4.79 Å². The molecule has 1 amide bonds. The maximum absolute atomic E-state index is 12.0. The first kappa shape index (κ1) is 17.3. The number of carbonyl (C=O) groups is 1. The summed E-state index contributed by atoms with van der Waals surface area (Å²) in [5.74, 6) is -0.00391. The summed E-state index contributed by atoms with van der Waals surface area (Å²) in [6, 6.07) is 0. The third-order valence-electron chi connectivity index (χ3n) is 3.41. The topological polar surface area (TPSA) is 92.5 Å². The van der Waals surface area contributed by atoms with E-state index in [1.54, 1.807) is 11.8 Å². The van der Waals surface area contributed by atoms with E-state index in [9.17, 15) is 13.2 Å². The van der Waals surface area contributed by atoms with Crippen LogP contribution in [0, 0.1) is 0 Å². The van der Waals surface area contributed by atoms with Crippen molar-refractivity contribution in [2.75, 3.05) is 19.6 Å². The molecule has 0 radical (unpaired) electrons. The van der Waals surface area contributed by atoms with Gasteiger partial charge in [-0.25, -0.2) is 13.1 Å². The summed E-state index contributed by atoms with van der Waals surface area (Å²) in [5.41, 5.74) is 5.42. The van der Waals surface area contributed by atoms with Crippen molar-refractivity contribution in [3.05, 3.63) is 0 Å². The van der Waals surface area contributed by atoms with Crippen LogP contribution in [-0.4, -0.2) is 49.1 Å². The summed E-state index contributed by atoms with van der Waals surface area (Å²) >= 11 is 4.75. The van der Waals surface area contributed by atoms with Gasteiger partial charge in [-0.05, 0) is 25.7 Å². The lowest BCUT2D eigenvalue weighted by Gasteiger charge is -2.26. The smallest absolute Gasteiger partial charge is 0.223 e. The largest absolute Gasteiger partial charge is 0.392 e. The number of carbonyl (C=O) groups excluding carboxylic acids is 1. The van der Waals surface area contributed by atoms with Crippen molar-refractivity contribution >= 4 is 33.1 Å². The van der Waals surface area contributed by atoms with Gasteiger partial charge in [0.25, 0.3) is 0 Å². The number of sulfonamides is 1. The lowest BCUT2D eigenvalue weighted by molar-refractivity contribution is -0.131. The van der Waals surface area contributed by atoms with Crippen molar-refractivity contribution in [2.24, 2.45) is 5.73 Å². The minimum absolute atomic E-state index is 0.00391. The number of thiocarbonyl (C=S) groups is 1. The number of amides is 1. The maximum atomic E-state index is 12.0. The average molecular weight is 321 g/mol. The van der Waals surface area contributed by atoms with Crippen LogP contribution in [0.4, 0.5) is 0 Å². The molecule has 0 aromatic heterocycles. The summed E-state index contributed by atoms with van der Waals surface area (Å²) < 4.78 is 26.3. The Bertz CT molecular complexity index is 445. The molecule has 116 valence electrons. The van der Waals surface area contributed by atoms with E-state index in [0.29, 0.717) is 6.42 Å². The molecule has 3 N–H and O–H groups in total. The number of piperidine rings is 1. The highest BCUT2D eigenvalue weighted by molar-refractivity contribution is 7.93. The monoisotopic (exact) mass is 321 g/mol. The second kappa shape index (κ2) is 7.90. The molecular weight excluding hydrogens is 298 g/mol. The number of hydrogen-bond donors (Lipinski definition) is 2. The lowest BCUT2D eigenvalue weighted by atomic mass is 10.1. The van der Waals surface area contributed by atoms with Gasteiger partial charge in [-0.2, -0.15) is 0 Å². The minimum atomic E-state index is -3.59. The van der Waals surface area contributed by atoms with Crippen molar-refractivity contribution in [1.82, 2.24) is 9.62 Å². The second-order valence-corrected chi connectivity index (χ2v) is 7.35. The van der Waals surface area contributed by atoms with E-state index in [-0.39, 0.29) is 23.9 Å². The highest BCUT2D eigenvalue weighted by Crippen LogP contribution is 2.10. The number of nitrogens with two attached hydrogens (primary N) is 1. The van der Waals surface area contributed by atoms with Gasteiger partial charge in [0, 0.05) is 26.1 Å². The Morgan fingerprint density at radius 3 is 2.45 bits per heavy atom. The number of hydrogen-bond acceptors (Lipinski definition) is 4. The summed E-state index contributed by atoms with van der Waals surface area (Å²) in [5, 5.41) is -0.873. The molecule has 0 bridgehead atoms. The van der Waals surface area contributed by atoms with Crippen LogP contribution in [-0.2, 0) is 14.8 Å². The van der Waals surface area contributed by atoms with E-state index in [2.05, 4.69) is 4.72 Å². The van der Waals surface area contributed by atoms with Crippen LogP contribution in [0.5, 0.6) is 0 Å². The van der Waals surface area contributed by atoms with E-state index in [1.807, 2.05) is 0 Å². The normalized spacial score (nSPS) is 17.8. The Kier molecular flexibility index (Phi) is 6.84. The molecule has 1 aliphatic heterocycles. The van der Waals surface area contributed by atoms with Crippen molar-refractivity contribution in [3.8, 4) is 0 Å². The van der Waals surface area contributed by atoms with Gasteiger partial charge in [0.15, 0.2) is 0 Å². The maximum Gasteiger partial charge on any atom is 0.223 e. The predicted molar refractivity (Wildman–Crippen MR) is 82.8 cm³/mol. The molecule has 0 saturated carbocycles. The summed E-state index contributed by atoms with van der Waals surface area (Å²) in [7, 11) is -3.59. The van der Waals surface area contributed by atoms with E-state index in [1.165, 1.54) is 0 Å². The van der Waals surface area contributed by atoms with Crippen LogP contribution in [0.2, 0.25) is 0 Å². The number of likely N-dealkylation sites (tertiary alicyclic amines) is 1. The second-order valence-electron chi connectivity index (χ2n) is 4.93. The summed E-state index contributed by atoms with van der Waals surface area (Å²) in [6.07, 6.45) is 3.70. The molecule has 1 heterocycles. The van der Waals surface area contributed by atoms with Crippen LogP contribution in [0.25, 0.3) is 0 Å². The number of nitrogens with one attached hydrogen (secondary N) is 1. The highest BCUT2D eigenvalue weighted by atomic mass is 32.2. The molecule has 1 aliphatic rings. The van der Waals surface area contributed by atoms with E-state index in [4.69, 9.17) is 18.0 Å². The lowest BCUT2D eigenvalue weighted by Crippen LogP contribution is -2.43. The minimum Gasteiger partial charge on any atom is -0.392 e. The molecule has 1 fully saturated rings. The molecule has 1 rings (SSSR count). The zero-order valence-corrected chi connectivity index (χ0v) is 13.4. The van der Waals surface area contributed by atoms with Crippen LogP contribution in [0.15, 0.2) is 0 Å². The first-order valence-corrected chi connectivity index (χ1v) is 8.89. The Balaban J connectivity index is 2.42. The van der Waals surface area contributed by atoms with Gasteiger partial charge in [-0.1, -0.05) is 19.1 Å². The van der Waals surface area contributed by atoms with Crippen LogP contribution >= 0.6 is 12.2 Å². The molecule has 8 heteroatoms. The van der Waals surface area contributed by atoms with Gasteiger partial charge < -0.3 is 10.6 Å². The van der Waals surface area contributed by atoms with Crippen LogP contribution in [0.3, 0.4) is 0 Å². The van der Waals surface area contributed by atoms with E-state index >= 15 is 0 Å². The Morgan fingerprint density at radius 2 is 1.95 bits per heavy atom. The Morgan fingerprint density at radius 1 is 1.35 bits per heavy atom. The molecule has 20 heavy (non-hydrogen) atoms. The molecule has 6 nitrogen and oxygen atoms in total. The highest BCUT2D eigenvalue weighted by Gasteiger charge is 2.26. The third kappa shape index (κ3) is 4.99. The Labute approximate surface area is 126 Å². The van der Waals surface area contributed by atoms with Crippen LogP contribution in [0.1, 0.15) is 39.0 Å². The number of rotatable bonds is 7. The fourth-order valence-corrected chi connectivity index (χ4v) is 4.15. The quantitative estimate of drug-likeness (QED) is 0.661. The molecule has 1 atom stereocenters. The summed E-state index contributed by atoms with van der Waals surface area (Å²) in [6.45, 7) is 3.35. The zero-order valence-electron chi connectivity index (χ0n) is 11.8. The van der Waals surface area contributed by atoms with Gasteiger partial charge in [0.2, 0.25) is 15.9 Å². The molecule has 0 aliphatic carbocycles. The molecule has 0 aromatic carbocycles. The van der Waals surface area contributed by atoms with Crippen molar-refractivity contribution in [1.29, 1.82) is 0 Å². The fraction of sp³-hybridized carbons (Fsp3) is 0.833. The average Bonchev–Trinajstić information content (AvgIpc) is 2.39. The van der Waals surface area contributed by atoms with Gasteiger partial charge in [0.1, 0.15) is 5.25 Å². The fourth-order valence-electron chi connectivity index (χ4n) is 2.28. The third-order valence-corrected chi connectivity index (χ3v) is 5.79. The van der Waals surface area contributed by atoms with Crippen molar-refractivity contribution in [3.63, 3.8) is 0 Å². The molecule has 0 spiro atoms. The van der Waals surface area contributed by atoms with E-state index < -0.39 is 15.3 Å². The van der Waals surface area contributed by atoms with Crippen molar-refractivity contribution < 1.29 is 13.2 Å².